The summed E-state index contributed by atoms with van der Waals surface area (Å²) in [5.74, 6) is 3.51. The van der Waals surface area contributed by atoms with Crippen molar-refractivity contribution >= 4 is 17.6 Å². The zero-order chi connectivity index (χ0) is 11.3. The third-order valence-electron chi connectivity index (χ3n) is 1.67. The van der Waals surface area contributed by atoms with Gasteiger partial charge in [0.15, 0.2) is 0 Å². The van der Waals surface area contributed by atoms with Crippen LogP contribution in [0.15, 0.2) is 18.2 Å². The van der Waals surface area contributed by atoms with Gasteiger partial charge < -0.3 is 5.11 Å². The Labute approximate surface area is 91.7 Å². The molecule has 0 aliphatic rings. The fourth-order valence-electron chi connectivity index (χ4n) is 1.05. The van der Waals surface area contributed by atoms with Gasteiger partial charge in [0.05, 0.1) is 0 Å². The number of alkyl halides is 1. The van der Waals surface area contributed by atoms with Gasteiger partial charge in [0.2, 0.25) is 0 Å². The molecular formula is C11H8ClFO2. The summed E-state index contributed by atoms with van der Waals surface area (Å²) in [4.78, 5) is 10.7. The Morgan fingerprint density at radius 1 is 1.53 bits per heavy atom. The Balaban J connectivity index is 3.13. The van der Waals surface area contributed by atoms with E-state index in [2.05, 4.69) is 11.8 Å². The maximum atomic E-state index is 13.1. The van der Waals surface area contributed by atoms with Gasteiger partial charge in [0.25, 0.3) is 0 Å². The van der Waals surface area contributed by atoms with Crippen LogP contribution in [0, 0.1) is 17.7 Å². The van der Waals surface area contributed by atoms with Crippen molar-refractivity contribution in [2.24, 2.45) is 0 Å². The molecule has 0 amide bonds. The standard InChI is InChI=1S/C11H8ClFO2/c12-7-2-1-4-8-5-3-6-9(13)10(8)11(14)15/h3,5-6H,2,7H2,(H,14,15). The average molecular weight is 227 g/mol. The third-order valence-corrected chi connectivity index (χ3v) is 1.86. The fourth-order valence-corrected chi connectivity index (χ4v) is 1.15. The summed E-state index contributed by atoms with van der Waals surface area (Å²) >= 11 is 5.41. The van der Waals surface area contributed by atoms with Crippen LogP contribution in [0.4, 0.5) is 4.39 Å². The van der Waals surface area contributed by atoms with Crippen LogP contribution in [0.3, 0.4) is 0 Å². The monoisotopic (exact) mass is 226 g/mol. The Morgan fingerprint density at radius 2 is 2.27 bits per heavy atom. The van der Waals surface area contributed by atoms with Crippen molar-refractivity contribution in [3.05, 3.63) is 35.1 Å². The van der Waals surface area contributed by atoms with Gasteiger partial charge in [-0.3, -0.25) is 0 Å². The van der Waals surface area contributed by atoms with Crippen molar-refractivity contribution in [3.63, 3.8) is 0 Å². The van der Waals surface area contributed by atoms with E-state index < -0.39 is 11.8 Å². The van der Waals surface area contributed by atoms with Crippen LogP contribution in [0.25, 0.3) is 0 Å². The van der Waals surface area contributed by atoms with Crippen LogP contribution in [0.5, 0.6) is 0 Å². The number of aromatic carboxylic acids is 1. The molecule has 1 aromatic rings. The minimum atomic E-state index is -1.32. The number of benzene rings is 1. The molecule has 78 valence electrons. The topological polar surface area (TPSA) is 37.3 Å². The second kappa shape index (κ2) is 5.38. The van der Waals surface area contributed by atoms with E-state index in [9.17, 15) is 9.18 Å². The first-order valence-corrected chi connectivity index (χ1v) is 4.77. The summed E-state index contributed by atoms with van der Waals surface area (Å²) < 4.78 is 13.1. The van der Waals surface area contributed by atoms with Gasteiger partial charge >= 0.3 is 5.97 Å². The Kier molecular flexibility index (Phi) is 4.14. The van der Waals surface area contributed by atoms with Gasteiger partial charge in [-0.15, -0.1) is 11.6 Å². The fraction of sp³-hybridized carbons (Fsp3) is 0.182. The summed E-state index contributed by atoms with van der Waals surface area (Å²) in [7, 11) is 0. The molecule has 2 nitrogen and oxygen atoms in total. The maximum absolute atomic E-state index is 13.1. The zero-order valence-electron chi connectivity index (χ0n) is 7.76. The van der Waals surface area contributed by atoms with Crippen molar-refractivity contribution in [1.29, 1.82) is 0 Å². The molecule has 0 unspecified atom stereocenters. The predicted octanol–water partition coefficient (Wildman–Crippen LogP) is 2.50. The van der Waals surface area contributed by atoms with Gasteiger partial charge in [-0.1, -0.05) is 17.9 Å². The SMILES string of the molecule is O=C(O)c1c(F)cccc1C#CCCCl. The number of carboxylic acid groups (broad SMARTS) is 1. The van der Waals surface area contributed by atoms with Crippen molar-refractivity contribution in [1.82, 2.24) is 0 Å². The van der Waals surface area contributed by atoms with E-state index in [1.165, 1.54) is 12.1 Å². The van der Waals surface area contributed by atoms with Crippen LogP contribution >= 0.6 is 11.6 Å². The van der Waals surface area contributed by atoms with E-state index in [4.69, 9.17) is 16.7 Å². The molecule has 1 aromatic carbocycles. The summed E-state index contributed by atoms with van der Waals surface area (Å²) in [6.45, 7) is 0. The van der Waals surface area contributed by atoms with Gasteiger partial charge in [0.1, 0.15) is 11.4 Å². The van der Waals surface area contributed by atoms with Crippen molar-refractivity contribution in [3.8, 4) is 11.8 Å². The molecule has 0 bridgehead atoms. The maximum Gasteiger partial charge on any atom is 0.339 e. The van der Waals surface area contributed by atoms with Crippen LogP contribution in [-0.4, -0.2) is 17.0 Å². The van der Waals surface area contributed by atoms with Gasteiger partial charge in [-0.2, -0.15) is 0 Å². The molecule has 0 saturated carbocycles. The minimum absolute atomic E-state index is 0.174. The zero-order valence-corrected chi connectivity index (χ0v) is 8.51. The number of carboxylic acids is 1. The van der Waals surface area contributed by atoms with Gasteiger partial charge in [-0.05, 0) is 12.1 Å². The highest BCUT2D eigenvalue weighted by atomic mass is 35.5. The first-order valence-electron chi connectivity index (χ1n) is 4.23. The number of hydrogen-bond donors (Lipinski definition) is 1. The molecule has 0 saturated heterocycles. The number of hydrogen-bond acceptors (Lipinski definition) is 1. The van der Waals surface area contributed by atoms with Crippen molar-refractivity contribution in [2.45, 2.75) is 6.42 Å². The molecule has 0 radical (unpaired) electrons. The summed E-state index contributed by atoms with van der Waals surface area (Å²) in [5.41, 5.74) is -0.216. The van der Waals surface area contributed by atoms with Crippen LogP contribution in [0.1, 0.15) is 22.3 Å². The summed E-state index contributed by atoms with van der Waals surface area (Å²) in [6.07, 6.45) is 0.442. The van der Waals surface area contributed by atoms with Crippen molar-refractivity contribution < 1.29 is 14.3 Å². The molecule has 15 heavy (non-hydrogen) atoms. The molecule has 0 spiro atoms. The lowest BCUT2D eigenvalue weighted by Crippen LogP contribution is -2.03. The number of rotatable bonds is 2. The lowest BCUT2D eigenvalue weighted by atomic mass is 10.1. The van der Waals surface area contributed by atoms with E-state index >= 15 is 0 Å². The Bertz CT molecular complexity index is 432. The van der Waals surface area contributed by atoms with Gasteiger partial charge in [-0.25, -0.2) is 9.18 Å². The van der Waals surface area contributed by atoms with E-state index in [0.29, 0.717) is 12.3 Å². The lowest BCUT2D eigenvalue weighted by molar-refractivity contribution is 0.0691. The summed E-state index contributed by atoms with van der Waals surface area (Å²) in [6, 6.07) is 3.98. The average Bonchev–Trinajstić information content (AvgIpc) is 2.17. The number of carbonyl (C=O) groups is 1. The lowest BCUT2D eigenvalue weighted by Gasteiger charge is -1.99. The minimum Gasteiger partial charge on any atom is -0.478 e. The van der Waals surface area contributed by atoms with Crippen LogP contribution in [0.2, 0.25) is 0 Å². The summed E-state index contributed by atoms with van der Waals surface area (Å²) in [5, 5.41) is 8.77. The van der Waals surface area contributed by atoms with Crippen LogP contribution < -0.4 is 0 Å². The van der Waals surface area contributed by atoms with E-state index in [-0.39, 0.29) is 11.1 Å². The molecule has 0 aromatic heterocycles. The van der Waals surface area contributed by atoms with E-state index in [1.807, 2.05) is 0 Å². The van der Waals surface area contributed by atoms with E-state index in [1.54, 1.807) is 0 Å². The predicted molar refractivity (Wildman–Crippen MR) is 55.6 cm³/mol. The first-order chi connectivity index (χ1) is 7.16. The molecule has 1 N–H and O–H groups in total. The molecular weight excluding hydrogens is 219 g/mol. The molecule has 0 aliphatic carbocycles. The highest BCUT2D eigenvalue weighted by molar-refractivity contribution is 6.18. The second-order valence-corrected chi connectivity index (χ2v) is 3.09. The first kappa shape index (κ1) is 11.5. The molecule has 0 fully saturated rings. The second-order valence-electron chi connectivity index (χ2n) is 2.71. The largest absolute Gasteiger partial charge is 0.478 e. The quantitative estimate of drug-likeness (QED) is 0.622. The third kappa shape index (κ3) is 2.97. The highest BCUT2D eigenvalue weighted by Gasteiger charge is 2.13. The van der Waals surface area contributed by atoms with E-state index in [0.717, 1.165) is 6.07 Å². The Hall–Kier alpha value is -1.53. The van der Waals surface area contributed by atoms with Gasteiger partial charge in [0, 0.05) is 17.9 Å². The number of halogens is 2. The molecule has 4 heteroatoms. The van der Waals surface area contributed by atoms with Crippen molar-refractivity contribution in [2.75, 3.05) is 5.88 Å². The Morgan fingerprint density at radius 3 is 2.87 bits per heavy atom. The van der Waals surface area contributed by atoms with Crippen LogP contribution in [-0.2, 0) is 0 Å². The highest BCUT2D eigenvalue weighted by Crippen LogP contribution is 2.12. The molecule has 0 heterocycles. The molecule has 1 rings (SSSR count). The molecule has 0 aliphatic heterocycles. The smallest absolute Gasteiger partial charge is 0.339 e. The normalized spacial score (nSPS) is 9.20. The molecule has 0 atom stereocenters.